The van der Waals surface area contributed by atoms with E-state index in [1.165, 1.54) is 0 Å². The summed E-state index contributed by atoms with van der Waals surface area (Å²) < 4.78 is 5.15. The van der Waals surface area contributed by atoms with E-state index in [1.807, 2.05) is 45.3 Å². The summed E-state index contributed by atoms with van der Waals surface area (Å²) in [4.78, 5) is 0. The molecule has 90 valence electrons. The molecule has 0 radical (unpaired) electrons. The second-order valence-electron chi connectivity index (χ2n) is 3.93. The third kappa shape index (κ3) is 3.49. The first kappa shape index (κ1) is 13.0. The maximum Gasteiger partial charge on any atom is 0.119 e. The fourth-order valence-corrected chi connectivity index (χ4v) is 1.60. The molecule has 0 amide bonds. The van der Waals surface area contributed by atoms with E-state index in [9.17, 15) is 5.26 Å². The van der Waals surface area contributed by atoms with Gasteiger partial charge in [-0.1, -0.05) is 12.1 Å². The smallest absolute Gasteiger partial charge is 0.119 e. The first-order chi connectivity index (χ1) is 8.08. The highest BCUT2D eigenvalue weighted by Crippen LogP contribution is 2.21. The zero-order valence-electron chi connectivity index (χ0n) is 10.6. The highest BCUT2D eigenvalue weighted by atomic mass is 16.5. The predicted molar refractivity (Wildman–Crippen MR) is 68.1 cm³/mol. The molecule has 0 saturated heterocycles. The molecule has 0 aromatic heterocycles. The quantitative estimate of drug-likeness (QED) is 0.590. The Morgan fingerprint density at radius 1 is 1.47 bits per heavy atom. The van der Waals surface area contributed by atoms with Crippen LogP contribution >= 0.6 is 0 Å². The highest BCUT2D eigenvalue weighted by Gasteiger charge is 2.15. The number of benzene rings is 1. The minimum absolute atomic E-state index is 0.340. The van der Waals surface area contributed by atoms with Gasteiger partial charge in [-0.15, -0.1) is 0 Å². The number of hydrazone groups is 1. The lowest BCUT2D eigenvalue weighted by molar-refractivity contribution is 0.414. The highest BCUT2D eigenvalue weighted by molar-refractivity contribution is 5.91. The predicted octanol–water partition coefficient (Wildman–Crippen LogP) is 2.24. The summed E-state index contributed by atoms with van der Waals surface area (Å²) >= 11 is 0. The molecule has 0 spiro atoms. The average molecular weight is 231 g/mol. The van der Waals surface area contributed by atoms with Crippen molar-refractivity contribution in [3.8, 4) is 11.8 Å². The molecule has 0 heterocycles. The van der Waals surface area contributed by atoms with E-state index in [2.05, 4.69) is 11.2 Å². The summed E-state index contributed by atoms with van der Waals surface area (Å²) in [5, 5.41) is 15.2. The molecule has 1 aromatic carbocycles. The van der Waals surface area contributed by atoms with Gasteiger partial charge in [0, 0.05) is 14.1 Å². The van der Waals surface area contributed by atoms with Crippen LogP contribution in [0.2, 0.25) is 0 Å². The summed E-state index contributed by atoms with van der Waals surface area (Å²) in [5.41, 5.74) is 1.67. The molecule has 1 aromatic rings. The number of methoxy groups -OCH3 is 1. The van der Waals surface area contributed by atoms with E-state index in [4.69, 9.17) is 4.74 Å². The summed E-state index contributed by atoms with van der Waals surface area (Å²) in [6, 6.07) is 9.77. The fourth-order valence-electron chi connectivity index (χ4n) is 1.60. The SMILES string of the molecule is COc1cccc(C(C#N)C(C)=NN(C)C)c1. The van der Waals surface area contributed by atoms with Crippen LogP contribution in [0.25, 0.3) is 0 Å². The number of hydrogen-bond acceptors (Lipinski definition) is 4. The van der Waals surface area contributed by atoms with Gasteiger partial charge in [0.2, 0.25) is 0 Å². The van der Waals surface area contributed by atoms with Gasteiger partial charge in [0.05, 0.1) is 18.9 Å². The van der Waals surface area contributed by atoms with Crippen LogP contribution in [0.4, 0.5) is 0 Å². The van der Waals surface area contributed by atoms with Crippen LogP contribution in [0.1, 0.15) is 18.4 Å². The van der Waals surface area contributed by atoms with Crippen LogP contribution in [0.15, 0.2) is 29.4 Å². The molecule has 1 unspecified atom stereocenters. The van der Waals surface area contributed by atoms with Gasteiger partial charge in [0.15, 0.2) is 0 Å². The zero-order chi connectivity index (χ0) is 12.8. The van der Waals surface area contributed by atoms with Gasteiger partial charge in [-0.3, -0.25) is 0 Å². The maximum atomic E-state index is 9.24. The molecule has 0 aliphatic carbocycles. The Hall–Kier alpha value is -2.02. The second kappa shape index (κ2) is 5.90. The van der Waals surface area contributed by atoms with Crippen LogP contribution in [0, 0.1) is 11.3 Å². The Labute approximate surface area is 102 Å². The third-order valence-corrected chi connectivity index (χ3v) is 2.33. The number of ether oxygens (including phenoxy) is 1. The summed E-state index contributed by atoms with van der Waals surface area (Å²) in [7, 11) is 5.29. The van der Waals surface area contributed by atoms with Crippen LogP contribution in [0.5, 0.6) is 5.75 Å². The molecule has 0 fully saturated rings. The molecule has 17 heavy (non-hydrogen) atoms. The standard InChI is InChI=1S/C13H17N3O/c1-10(15-16(2)3)13(9-14)11-6-5-7-12(8-11)17-4/h5-8,13H,1-4H3. The fraction of sp³-hybridized carbons (Fsp3) is 0.385. The van der Waals surface area contributed by atoms with Crippen molar-refractivity contribution in [2.45, 2.75) is 12.8 Å². The minimum atomic E-state index is -0.340. The van der Waals surface area contributed by atoms with Crippen LogP contribution in [0.3, 0.4) is 0 Å². The molecule has 0 bridgehead atoms. The monoisotopic (exact) mass is 231 g/mol. The second-order valence-corrected chi connectivity index (χ2v) is 3.93. The normalized spacial score (nSPS) is 12.8. The Balaban J connectivity index is 3.06. The van der Waals surface area contributed by atoms with Crippen molar-refractivity contribution >= 4 is 5.71 Å². The van der Waals surface area contributed by atoms with Gasteiger partial charge in [0.1, 0.15) is 11.7 Å². The van der Waals surface area contributed by atoms with E-state index >= 15 is 0 Å². The van der Waals surface area contributed by atoms with E-state index in [0.717, 1.165) is 17.0 Å². The van der Waals surface area contributed by atoms with E-state index in [0.29, 0.717) is 0 Å². The average Bonchev–Trinajstić information content (AvgIpc) is 2.29. The first-order valence-corrected chi connectivity index (χ1v) is 5.34. The molecule has 1 atom stereocenters. The molecule has 0 aliphatic heterocycles. The molecule has 0 saturated carbocycles. The van der Waals surface area contributed by atoms with Crippen molar-refractivity contribution in [3.63, 3.8) is 0 Å². The topological polar surface area (TPSA) is 48.6 Å². The lowest BCUT2D eigenvalue weighted by Crippen LogP contribution is -2.13. The van der Waals surface area contributed by atoms with Gasteiger partial charge < -0.3 is 9.75 Å². The Kier molecular flexibility index (Phi) is 4.53. The Morgan fingerprint density at radius 3 is 2.71 bits per heavy atom. The van der Waals surface area contributed by atoms with Crippen LogP contribution < -0.4 is 4.74 Å². The van der Waals surface area contributed by atoms with Gasteiger partial charge in [0.25, 0.3) is 0 Å². The van der Waals surface area contributed by atoms with Crippen LogP contribution in [-0.2, 0) is 0 Å². The zero-order valence-corrected chi connectivity index (χ0v) is 10.6. The number of rotatable bonds is 4. The molecular weight excluding hydrogens is 214 g/mol. The Morgan fingerprint density at radius 2 is 2.18 bits per heavy atom. The third-order valence-electron chi connectivity index (χ3n) is 2.33. The van der Waals surface area contributed by atoms with Crippen molar-refractivity contribution < 1.29 is 4.74 Å². The number of nitrogens with zero attached hydrogens (tertiary/aromatic N) is 3. The molecular formula is C13H17N3O. The minimum Gasteiger partial charge on any atom is -0.497 e. The summed E-state index contributed by atoms with van der Waals surface area (Å²) in [5.74, 6) is 0.410. The maximum absolute atomic E-state index is 9.24. The number of hydrogen-bond donors (Lipinski definition) is 0. The van der Waals surface area contributed by atoms with Gasteiger partial charge >= 0.3 is 0 Å². The van der Waals surface area contributed by atoms with E-state index in [1.54, 1.807) is 12.1 Å². The number of nitriles is 1. The molecule has 0 N–H and O–H groups in total. The Bertz CT molecular complexity index is 446. The largest absolute Gasteiger partial charge is 0.497 e. The van der Waals surface area contributed by atoms with E-state index < -0.39 is 0 Å². The van der Waals surface area contributed by atoms with Gasteiger partial charge in [-0.25, -0.2) is 0 Å². The van der Waals surface area contributed by atoms with Crippen molar-refractivity contribution in [1.82, 2.24) is 5.01 Å². The van der Waals surface area contributed by atoms with Crippen LogP contribution in [-0.4, -0.2) is 31.9 Å². The molecule has 4 nitrogen and oxygen atoms in total. The molecule has 0 aliphatic rings. The van der Waals surface area contributed by atoms with E-state index in [-0.39, 0.29) is 5.92 Å². The van der Waals surface area contributed by atoms with Crippen molar-refractivity contribution in [2.24, 2.45) is 5.10 Å². The lowest BCUT2D eigenvalue weighted by Gasteiger charge is -2.13. The lowest BCUT2D eigenvalue weighted by atomic mass is 9.96. The molecule has 4 heteroatoms. The van der Waals surface area contributed by atoms with Gasteiger partial charge in [-0.2, -0.15) is 10.4 Å². The molecule has 1 rings (SSSR count). The van der Waals surface area contributed by atoms with Crippen molar-refractivity contribution in [1.29, 1.82) is 5.26 Å². The van der Waals surface area contributed by atoms with Crippen molar-refractivity contribution in [2.75, 3.05) is 21.2 Å². The summed E-state index contributed by atoms with van der Waals surface area (Å²) in [6.45, 7) is 1.85. The van der Waals surface area contributed by atoms with Crippen molar-refractivity contribution in [3.05, 3.63) is 29.8 Å². The summed E-state index contributed by atoms with van der Waals surface area (Å²) in [6.07, 6.45) is 0. The van der Waals surface area contributed by atoms with Gasteiger partial charge in [-0.05, 0) is 24.6 Å². The first-order valence-electron chi connectivity index (χ1n) is 5.34.